The van der Waals surface area contributed by atoms with E-state index in [9.17, 15) is 10.4 Å². The number of phenolic OH excluding ortho intramolecular Hbond substituents is 1. The summed E-state index contributed by atoms with van der Waals surface area (Å²) >= 11 is 1.31. The van der Waals surface area contributed by atoms with E-state index >= 15 is 0 Å². The number of aromatic nitrogens is 1. The van der Waals surface area contributed by atoms with Crippen LogP contribution in [0.3, 0.4) is 0 Å². The molecule has 1 aromatic heterocycles. The third kappa shape index (κ3) is 1.80. The van der Waals surface area contributed by atoms with Gasteiger partial charge in [0, 0.05) is 10.4 Å². The number of hydrogen-bond acceptors (Lipinski definition) is 6. The first-order valence-corrected chi connectivity index (χ1v) is 6.72. The second-order valence-electron chi connectivity index (χ2n) is 4.48. The third-order valence-corrected chi connectivity index (χ3v) is 4.00. The van der Waals surface area contributed by atoms with E-state index in [1.807, 2.05) is 13.0 Å². The van der Waals surface area contributed by atoms with Gasteiger partial charge >= 0.3 is 0 Å². The lowest BCUT2D eigenvalue weighted by Gasteiger charge is -2.23. The minimum Gasteiger partial charge on any atom is -0.508 e. The van der Waals surface area contributed by atoms with Gasteiger partial charge in [0.25, 0.3) is 0 Å². The molecule has 2 aromatic rings. The molecule has 5 nitrogen and oxygen atoms in total. The predicted molar refractivity (Wildman–Crippen MR) is 74.3 cm³/mol. The number of hydrogen-bond donors (Lipinski definition) is 2. The number of phenols is 1. The number of benzene rings is 1. The van der Waals surface area contributed by atoms with Crippen LogP contribution in [-0.4, -0.2) is 9.48 Å². The molecule has 1 aromatic carbocycles. The molecule has 2 heterocycles. The van der Waals surface area contributed by atoms with Crippen LogP contribution in [0.5, 0.6) is 11.6 Å². The number of aromatic hydroxyl groups is 1. The van der Waals surface area contributed by atoms with Crippen molar-refractivity contribution in [3.63, 3.8) is 0 Å². The number of nitriles is 1. The molecule has 0 saturated heterocycles. The summed E-state index contributed by atoms with van der Waals surface area (Å²) in [4.78, 5) is 0.966. The van der Waals surface area contributed by atoms with Gasteiger partial charge in [-0.15, -0.1) is 0 Å². The van der Waals surface area contributed by atoms with Gasteiger partial charge in [0.1, 0.15) is 17.4 Å². The molecule has 20 heavy (non-hydrogen) atoms. The smallest absolute Gasteiger partial charge is 0.237 e. The van der Waals surface area contributed by atoms with Crippen molar-refractivity contribution in [3.8, 4) is 17.7 Å². The lowest BCUT2D eigenvalue weighted by atomic mass is 9.84. The molecule has 100 valence electrons. The summed E-state index contributed by atoms with van der Waals surface area (Å²) in [5, 5.41) is 19.0. The summed E-state index contributed by atoms with van der Waals surface area (Å²) in [6.45, 7) is 1.92. The summed E-state index contributed by atoms with van der Waals surface area (Å²) in [5.41, 5.74) is 7.78. The number of fused-ring (bicyclic) bond motifs is 1. The Morgan fingerprint density at radius 3 is 3.00 bits per heavy atom. The van der Waals surface area contributed by atoms with Gasteiger partial charge < -0.3 is 15.6 Å². The molecule has 3 rings (SSSR count). The second kappa shape index (κ2) is 4.54. The largest absolute Gasteiger partial charge is 0.508 e. The van der Waals surface area contributed by atoms with Crippen LogP contribution in [-0.2, 0) is 0 Å². The van der Waals surface area contributed by atoms with E-state index in [1.54, 1.807) is 18.2 Å². The zero-order chi connectivity index (χ0) is 14.3. The highest BCUT2D eigenvalue weighted by molar-refractivity contribution is 7.06. The van der Waals surface area contributed by atoms with Crippen molar-refractivity contribution in [2.75, 3.05) is 0 Å². The number of ether oxygens (including phenoxy) is 1. The van der Waals surface area contributed by atoms with Crippen LogP contribution in [0.1, 0.15) is 21.9 Å². The summed E-state index contributed by atoms with van der Waals surface area (Å²) < 4.78 is 9.62. The Labute approximate surface area is 119 Å². The average molecular weight is 285 g/mol. The van der Waals surface area contributed by atoms with Crippen LogP contribution in [0.25, 0.3) is 0 Å². The first-order valence-electron chi connectivity index (χ1n) is 5.94. The Bertz CT molecular complexity index is 758. The third-order valence-electron chi connectivity index (χ3n) is 3.25. The molecule has 6 heteroatoms. The quantitative estimate of drug-likeness (QED) is 0.839. The van der Waals surface area contributed by atoms with Gasteiger partial charge in [0.15, 0.2) is 0 Å². The highest BCUT2D eigenvalue weighted by atomic mass is 32.1. The van der Waals surface area contributed by atoms with Crippen molar-refractivity contribution in [2.24, 2.45) is 5.73 Å². The maximum absolute atomic E-state index is 9.66. The molecule has 3 N–H and O–H groups in total. The topological polar surface area (TPSA) is 92.2 Å². The summed E-state index contributed by atoms with van der Waals surface area (Å²) in [5.74, 6) is 0.304. The van der Waals surface area contributed by atoms with E-state index in [0.29, 0.717) is 11.5 Å². The fourth-order valence-electron chi connectivity index (χ4n) is 2.36. The lowest BCUT2D eigenvalue weighted by molar-refractivity contribution is 0.382. The van der Waals surface area contributed by atoms with E-state index in [0.717, 1.165) is 16.0 Å². The van der Waals surface area contributed by atoms with E-state index < -0.39 is 0 Å². The van der Waals surface area contributed by atoms with Gasteiger partial charge in [0.2, 0.25) is 11.8 Å². The van der Waals surface area contributed by atoms with Crippen molar-refractivity contribution in [1.29, 1.82) is 5.26 Å². The number of nitrogens with zero attached hydrogens (tertiary/aromatic N) is 2. The van der Waals surface area contributed by atoms with Crippen molar-refractivity contribution < 1.29 is 9.84 Å². The standard InChI is InChI=1S/C14H11N3O2S/c1-7-11-12(8-3-2-4-9(18)5-8)10(6-15)13(16)19-14(11)17-20-7/h2-5,12,18H,16H2,1H3. The van der Waals surface area contributed by atoms with Crippen LogP contribution < -0.4 is 10.5 Å². The number of aryl methyl sites for hydroxylation is 1. The van der Waals surface area contributed by atoms with Crippen molar-refractivity contribution in [1.82, 2.24) is 4.37 Å². The summed E-state index contributed by atoms with van der Waals surface area (Å²) in [6, 6.07) is 8.90. The fourth-order valence-corrected chi connectivity index (χ4v) is 3.02. The van der Waals surface area contributed by atoms with Gasteiger partial charge in [-0.1, -0.05) is 12.1 Å². The molecule has 0 aliphatic carbocycles. The molecular formula is C14H11N3O2S. The summed E-state index contributed by atoms with van der Waals surface area (Å²) in [7, 11) is 0. The Kier molecular flexibility index (Phi) is 2.84. The van der Waals surface area contributed by atoms with Crippen LogP contribution in [0.4, 0.5) is 0 Å². The maximum Gasteiger partial charge on any atom is 0.237 e. The van der Waals surface area contributed by atoms with Crippen molar-refractivity contribution in [3.05, 3.63) is 51.7 Å². The molecule has 0 amide bonds. The number of nitrogens with two attached hydrogens (primary N) is 1. The van der Waals surface area contributed by atoms with Crippen LogP contribution in [0.15, 0.2) is 35.7 Å². The maximum atomic E-state index is 9.66. The SMILES string of the molecule is Cc1snc2c1C(c1cccc(O)c1)C(C#N)=C(N)O2. The van der Waals surface area contributed by atoms with Gasteiger partial charge in [-0.05, 0) is 36.2 Å². The van der Waals surface area contributed by atoms with Crippen LogP contribution in [0, 0.1) is 18.3 Å². The molecule has 0 saturated carbocycles. The molecular weight excluding hydrogens is 274 g/mol. The van der Waals surface area contributed by atoms with Crippen molar-refractivity contribution >= 4 is 11.5 Å². The van der Waals surface area contributed by atoms with Crippen LogP contribution in [0.2, 0.25) is 0 Å². The monoisotopic (exact) mass is 285 g/mol. The first-order chi connectivity index (χ1) is 9.61. The molecule has 1 atom stereocenters. The van der Waals surface area contributed by atoms with E-state index in [-0.39, 0.29) is 17.6 Å². The normalized spacial score (nSPS) is 17.3. The zero-order valence-electron chi connectivity index (χ0n) is 10.6. The molecule has 0 radical (unpaired) electrons. The van der Waals surface area contributed by atoms with Crippen LogP contribution >= 0.6 is 11.5 Å². The highest BCUT2D eigenvalue weighted by Crippen LogP contribution is 2.44. The first kappa shape index (κ1) is 12.5. The van der Waals surface area contributed by atoms with E-state index in [2.05, 4.69) is 10.4 Å². The van der Waals surface area contributed by atoms with E-state index in [4.69, 9.17) is 10.5 Å². The molecule has 1 unspecified atom stereocenters. The average Bonchev–Trinajstić information content (AvgIpc) is 2.78. The molecule has 1 aliphatic heterocycles. The summed E-state index contributed by atoms with van der Waals surface area (Å²) in [6.07, 6.45) is 0. The Morgan fingerprint density at radius 2 is 2.30 bits per heavy atom. The lowest BCUT2D eigenvalue weighted by Crippen LogP contribution is -2.20. The highest BCUT2D eigenvalue weighted by Gasteiger charge is 2.34. The Hall–Kier alpha value is -2.52. The molecule has 0 spiro atoms. The van der Waals surface area contributed by atoms with Gasteiger partial charge in [-0.2, -0.15) is 9.64 Å². The van der Waals surface area contributed by atoms with Crippen molar-refractivity contribution in [2.45, 2.75) is 12.8 Å². The fraction of sp³-hybridized carbons (Fsp3) is 0.143. The number of rotatable bonds is 1. The molecule has 0 fully saturated rings. The Morgan fingerprint density at radius 1 is 1.50 bits per heavy atom. The van der Waals surface area contributed by atoms with Gasteiger partial charge in [-0.25, -0.2) is 0 Å². The molecule has 1 aliphatic rings. The minimum atomic E-state index is -0.352. The second-order valence-corrected chi connectivity index (χ2v) is 5.45. The molecule has 0 bridgehead atoms. The Balaban J connectivity index is 2.25. The predicted octanol–water partition coefficient (Wildman–Crippen LogP) is 2.38. The van der Waals surface area contributed by atoms with E-state index in [1.165, 1.54) is 11.5 Å². The van der Waals surface area contributed by atoms with Gasteiger partial charge in [0.05, 0.1) is 5.92 Å². The minimum absolute atomic E-state index is 0.0682. The van der Waals surface area contributed by atoms with Gasteiger partial charge in [-0.3, -0.25) is 0 Å². The number of allylic oxidation sites excluding steroid dienone is 1. The zero-order valence-corrected chi connectivity index (χ0v) is 11.4.